The molecule has 0 fully saturated rings. The number of pyridine rings is 1. The fourth-order valence-corrected chi connectivity index (χ4v) is 4.32. The molecule has 3 aromatic rings. The van der Waals surface area contributed by atoms with Gasteiger partial charge < -0.3 is 25.3 Å². The van der Waals surface area contributed by atoms with E-state index >= 15 is 0 Å². The van der Waals surface area contributed by atoms with E-state index in [-0.39, 0.29) is 5.56 Å². The quantitative estimate of drug-likeness (QED) is 0.600. The minimum atomic E-state index is -0.0440. The second-order valence-electron chi connectivity index (χ2n) is 7.89. The molecule has 0 unspecified atom stereocenters. The molecule has 8 nitrogen and oxygen atoms in total. The molecule has 0 saturated carbocycles. The second-order valence-corrected chi connectivity index (χ2v) is 7.89. The van der Waals surface area contributed by atoms with Crippen molar-refractivity contribution in [1.29, 1.82) is 5.26 Å². The SMILES string of the molecule is CN=C/C(=C\N)c1cc2c(cc1C#N)N(c1cc(OC)cc3c1cc(C)c(=O)n3C)CCN2. The summed E-state index contributed by atoms with van der Waals surface area (Å²) in [5, 5.41) is 14.3. The number of nitrogens with one attached hydrogen (secondary N) is 1. The van der Waals surface area contributed by atoms with Crippen molar-refractivity contribution in [3.05, 3.63) is 63.6 Å². The first kappa shape index (κ1) is 22.0. The molecule has 3 N–H and O–H groups in total. The number of nitrogens with two attached hydrogens (primary N) is 1. The number of allylic oxidation sites excluding steroid dienone is 1. The second kappa shape index (κ2) is 8.71. The average molecular weight is 443 g/mol. The highest BCUT2D eigenvalue weighted by Gasteiger charge is 2.24. The zero-order valence-corrected chi connectivity index (χ0v) is 19.1. The number of aryl methyl sites for hydroxylation is 2. The first-order valence-corrected chi connectivity index (χ1v) is 10.6. The van der Waals surface area contributed by atoms with Crippen LogP contribution in [0, 0.1) is 18.3 Å². The van der Waals surface area contributed by atoms with Gasteiger partial charge in [-0.15, -0.1) is 0 Å². The standard InChI is InChI=1S/C25H26N6O2/c1-15-7-20-22(30(3)25(15)32)9-18(33-4)10-23(20)31-6-5-29-21-11-19(17(13-27)14-28-2)16(12-26)8-24(21)31/h7-11,13-14,29H,5-6,27H2,1-4H3/b17-13+,28-14?. The molecule has 0 amide bonds. The minimum absolute atomic E-state index is 0.0440. The highest BCUT2D eigenvalue weighted by Crippen LogP contribution is 2.42. The number of nitrogens with zero attached hydrogens (tertiary/aromatic N) is 4. The van der Waals surface area contributed by atoms with E-state index in [0.29, 0.717) is 41.1 Å². The van der Waals surface area contributed by atoms with Crippen molar-refractivity contribution in [2.75, 3.05) is 37.5 Å². The summed E-state index contributed by atoms with van der Waals surface area (Å²) in [5.41, 5.74) is 11.8. The van der Waals surface area contributed by atoms with Gasteiger partial charge in [-0.2, -0.15) is 5.26 Å². The number of aromatic nitrogens is 1. The van der Waals surface area contributed by atoms with Gasteiger partial charge in [-0.3, -0.25) is 9.79 Å². The largest absolute Gasteiger partial charge is 0.497 e. The number of fused-ring (bicyclic) bond motifs is 2. The van der Waals surface area contributed by atoms with Crippen LogP contribution in [0.3, 0.4) is 0 Å². The Morgan fingerprint density at radius 2 is 2.06 bits per heavy atom. The van der Waals surface area contributed by atoms with Crippen LogP contribution in [0.25, 0.3) is 16.5 Å². The van der Waals surface area contributed by atoms with Crippen molar-refractivity contribution in [2.24, 2.45) is 17.8 Å². The Morgan fingerprint density at radius 1 is 1.27 bits per heavy atom. The number of ether oxygens (including phenoxy) is 1. The molecular formula is C25H26N6O2. The molecule has 8 heteroatoms. The Balaban J connectivity index is 1.99. The van der Waals surface area contributed by atoms with Crippen molar-refractivity contribution < 1.29 is 4.74 Å². The van der Waals surface area contributed by atoms with Crippen molar-refractivity contribution in [3.63, 3.8) is 0 Å². The van der Waals surface area contributed by atoms with Gasteiger partial charge >= 0.3 is 0 Å². The zero-order valence-electron chi connectivity index (χ0n) is 19.1. The van der Waals surface area contributed by atoms with Gasteiger partial charge in [0.1, 0.15) is 5.75 Å². The smallest absolute Gasteiger partial charge is 0.253 e. The zero-order chi connectivity index (χ0) is 23.7. The Hall–Kier alpha value is -4.25. The lowest BCUT2D eigenvalue weighted by Crippen LogP contribution is -2.31. The molecule has 168 valence electrons. The lowest BCUT2D eigenvalue weighted by atomic mass is 9.97. The van der Waals surface area contributed by atoms with Crippen LogP contribution < -0.4 is 26.2 Å². The van der Waals surface area contributed by atoms with Crippen LogP contribution in [0.4, 0.5) is 17.1 Å². The predicted octanol–water partition coefficient (Wildman–Crippen LogP) is 3.29. The first-order chi connectivity index (χ1) is 15.9. The fraction of sp³-hybridized carbons (Fsp3) is 0.240. The van der Waals surface area contributed by atoms with Crippen molar-refractivity contribution in [3.8, 4) is 11.8 Å². The van der Waals surface area contributed by atoms with E-state index in [1.54, 1.807) is 32.0 Å². The van der Waals surface area contributed by atoms with Crippen molar-refractivity contribution in [1.82, 2.24) is 4.57 Å². The molecule has 0 atom stereocenters. The molecule has 4 rings (SSSR count). The van der Waals surface area contributed by atoms with Gasteiger partial charge in [-0.05, 0) is 25.1 Å². The number of methoxy groups -OCH3 is 1. The van der Waals surface area contributed by atoms with Gasteiger partial charge in [-0.25, -0.2) is 0 Å². The minimum Gasteiger partial charge on any atom is -0.497 e. The number of nitriles is 1. The lowest BCUT2D eigenvalue weighted by Gasteiger charge is -2.34. The van der Waals surface area contributed by atoms with Gasteiger partial charge in [-0.1, -0.05) is 0 Å². The lowest BCUT2D eigenvalue weighted by molar-refractivity contribution is 0.415. The first-order valence-electron chi connectivity index (χ1n) is 10.6. The fourth-order valence-electron chi connectivity index (χ4n) is 4.32. The molecule has 1 aliphatic rings. The summed E-state index contributed by atoms with van der Waals surface area (Å²) in [6.45, 7) is 3.19. The van der Waals surface area contributed by atoms with Gasteiger partial charge in [0.2, 0.25) is 0 Å². The van der Waals surface area contributed by atoms with Crippen molar-refractivity contribution >= 4 is 39.8 Å². The maximum atomic E-state index is 12.6. The Labute approximate surface area is 192 Å². The maximum absolute atomic E-state index is 12.6. The molecule has 0 spiro atoms. The van der Waals surface area contributed by atoms with Crippen LogP contribution in [0.2, 0.25) is 0 Å². The third kappa shape index (κ3) is 3.68. The predicted molar refractivity (Wildman–Crippen MR) is 134 cm³/mol. The molecule has 33 heavy (non-hydrogen) atoms. The van der Waals surface area contributed by atoms with Crippen LogP contribution in [0.15, 0.2) is 46.3 Å². The normalized spacial score (nSPS) is 13.7. The van der Waals surface area contributed by atoms with Gasteiger partial charge in [0.25, 0.3) is 5.56 Å². The number of hydrogen-bond acceptors (Lipinski definition) is 7. The summed E-state index contributed by atoms with van der Waals surface area (Å²) in [5.74, 6) is 0.654. The van der Waals surface area contributed by atoms with Crippen LogP contribution in [-0.4, -0.2) is 38.0 Å². The van der Waals surface area contributed by atoms with E-state index in [9.17, 15) is 10.1 Å². The summed E-state index contributed by atoms with van der Waals surface area (Å²) in [6.07, 6.45) is 3.09. The number of aliphatic imine (C=N–C) groups is 1. The molecule has 0 saturated heterocycles. The van der Waals surface area contributed by atoms with Crippen LogP contribution in [0.5, 0.6) is 5.75 Å². The van der Waals surface area contributed by atoms with Gasteiger partial charge in [0.05, 0.1) is 41.3 Å². The van der Waals surface area contributed by atoms with Gasteiger partial charge in [0, 0.05) is 73.8 Å². The van der Waals surface area contributed by atoms with E-state index in [0.717, 1.165) is 28.0 Å². The molecule has 0 bridgehead atoms. The van der Waals surface area contributed by atoms with E-state index in [2.05, 4.69) is 21.3 Å². The third-order valence-corrected chi connectivity index (χ3v) is 5.96. The Bertz CT molecular complexity index is 1410. The highest BCUT2D eigenvalue weighted by atomic mass is 16.5. The van der Waals surface area contributed by atoms with E-state index in [1.165, 1.54) is 6.20 Å². The van der Waals surface area contributed by atoms with Crippen LogP contribution in [0.1, 0.15) is 16.7 Å². The van der Waals surface area contributed by atoms with E-state index < -0.39 is 0 Å². The highest BCUT2D eigenvalue weighted by molar-refractivity contribution is 6.11. The van der Waals surface area contributed by atoms with Gasteiger partial charge in [0.15, 0.2) is 0 Å². The van der Waals surface area contributed by atoms with E-state index in [4.69, 9.17) is 10.5 Å². The summed E-state index contributed by atoms with van der Waals surface area (Å²) >= 11 is 0. The molecule has 2 aromatic carbocycles. The number of hydrogen-bond donors (Lipinski definition) is 2. The number of benzene rings is 2. The summed E-state index contributed by atoms with van der Waals surface area (Å²) < 4.78 is 7.20. The average Bonchev–Trinajstić information content (AvgIpc) is 2.84. The monoisotopic (exact) mass is 442 g/mol. The number of rotatable bonds is 4. The maximum Gasteiger partial charge on any atom is 0.253 e. The molecule has 1 aliphatic heterocycles. The van der Waals surface area contributed by atoms with E-state index in [1.807, 2.05) is 37.3 Å². The molecule has 0 radical (unpaired) electrons. The number of anilines is 3. The topological polar surface area (TPSA) is 109 Å². The van der Waals surface area contributed by atoms with Crippen LogP contribution in [-0.2, 0) is 7.05 Å². The summed E-state index contributed by atoms with van der Waals surface area (Å²) in [6, 6.07) is 11.8. The third-order valence-electron chi connectivity index (χ3n) is 5.96. The van der Waals surface area contributed by atoms with Crippen LogP contribution >= 0.6 is 0 Å². The molecular weight excluding hydrogens is 416 g/mol. The Morgan fingerprint density at radius 3 is 2.73 bits per heavy atom. The molecule has 2 heterocycles. The molecule has 0 aliphatic carbocycles. The summed E-state index contributed by atoms with van der Waals surface area (Å²) in [4.78, 5) is 18.8. The summed E-state index contributed by atoms with van der Waals surface area (Å²) in [7, 11) is 5.04. The molecule has 1 aromatic heterocycles. The Kier molecular flexibility index (Phi) is 5.80. The van der Waals surface area contributed by atoms with Crippen molar-refractivity contribution in [2.45, 2.75) is 6.92 Å².